The van der Waals surface area contributed by atoms with E-state index in [9.17, 15) is 9.59 Å². The molecule has 6 nitrogen and oxygen atoms in total. The zero-order valence-electron chi connectivity index (χ0n) is 16.8. The van der Waals surface area contributed by atoms with Crippen molar-refractivity contribution in [3.63, 3.8) is 0 Å². The average molecular weight is 407 g/mol. The number of furan rings is 1. The van der Waals surface area contributed by atoms with E-state index >= 15 is 0 Å². The van der Waals surface area contributed by atoms with Crippen LogP contribution in [-0.2, 0) is 16.1 Å². The summed E-state index contributed by atoms with van der Waals surface area (Å²) in [6.07, 6.45) is 5.40. The third-order valence-electron chi connectivity index (χ3n) is 5.31. The SMILES string of the molecule is O=C(COC(=O)c1oc2ccccc2c1COc1ccccc1)NC1CCCCC1. The normalized spacial score (nSPS) is 14.4. The molecular weight excluding hydrogens is 382 g/mol. The van der Waals surface area contributed by atoms with E-state index in [1.165, 1.54) is 6.42 Å². The second-order valence-electron chi connectivity index (χ2n) is 7.49. The summed E-state index contributed by atoms with van der Waals surface area (Å²) in [5.74, 6) is -0.198. The van der Waals surface area contributed by atoms with Crippen molar-refractivity contribution < 1.29 is 23.5 Å². The van der Waals surface area contributed by atoms with Crippen LogP contribution >= 0.6 is 0 Å². The maximum Gasteiger partial charge on any atom is 0.375 e. The molecule has 0 saturated heterocycles. The number of rotatable bonds is 7. The number of para-hydroxylation sites is 2. The second-order valence-corrected chi connectivity index (χ2v) is 7.49. The fourth-order valence-electron chi connectivity index (χ4n) is 3.79. The van der Waals surface area contributed by atoms with Crippen molar-refractivity contribution in [1.29, 1.82) is 0 Å². The largest absolute Gasteiger partial charge is 0.489 e. The standard InChI is InChI=1S/C24H25NO5/c26-22(25-17-9-3-1-4-10-17)16-29-24(27)23-20(15-28-18-11-5-2-6-12-18)19-13-7-8-14-21(19)30-23/h2,5-8,11-14,17H,1,3-4,9-10,15-16H2,(H,25,26). The van der Waals surface area contributed by atoms with Crippen LogP contribution in [0.2, 0.25) is 0 Å². The van der Waals surface area contributed by atoms with Crippen molar-refractivity contribution in [3.05, 3.63) is 65.9 Å². The molecule has 0 atom stereocenters. The molecule has 4 rings (SSSR count). The average Bonchev–Trinajstić information content (AvgIpc) is 3.16. The Hall–Kier alpha value is -3.28. The maximum absolute atomic E-state index is 12.7. The highest BCUT2D eigenvalue weighted by atomic mass is 16.5. The second kappa shape index (κ2) is 9.48. The summed E-state index contributed by atoms with van der Waals surface area (Å²) in [5.41, 5.74) is 1.18. The van der Waals surface area contributed by atoms with Crippen molar-refractivity contribution in [3.8, 4) is 5.75 Å². The molecule has 6 heteroatoms. The predicted molar refractivity (Wildman–Crippen MR) is 112 cm³/mol. The Labute approximate surface area is 175 Å². The van der Waals surface area contributed by atoms with Crippen LogP contribution in [0.3, 0.4) is 0 Å². The Morgan fingerprint density at radius 3 is 2.50 bits per heavy atom. The Balaban J connectivity index is 1.44. The van der Waals surface area contributed by atoms with Gasteiger partial charge < -0.3 is 19.2 Å². The van der Waals surface area contributed by atoms with Gasteiger partial charge >= 0.3 is 5.97 Å². The van der Waals surface area contributed by atoms with Gasteiger partial charge in [-0.15, -0.1) is 0 Å². The molecule has 1 N–H and O–H groups in total. The smallest absolute Gasteiger partial charge is 0.375 e. The molecule has 1 saturated carbocycles. The fraction of sp³-hybridized carbons (Fsp3) is 0.333. The number of hydrogen-bond acceptors (Lipinski definition) is 5. The molecule has 3 aromatic rings. The molecule has 30 heavy (non-hydrogen) atoms. The Morgan fingerprint density at radius 1 is 0.967 bits per heavy atom. The number of carbonyl (C=O) groups is 2. The minimum absolute atomic E-state index is 0.0672. The van der Waals surface area contributed by atoms with Crippen LogP contribution in [-0.4, -0.2) is 24.5 Å². The first-order valence-electron chi connectivity index (χ1n) is 10.4. The number of carbonyl (C=O) groups excluding carboxylic acids is 2. The van der Waals surface area contributed by atoms with Crippen LogP contribution in [0, 0.1) is 0 Å². The molecule has 0 unspecified atom stereocenters. The van der Waals surface area contributed by atoms with Gasteiger partial charge in [0.25, 0.3) is 5.91 Å². The molecule has 1 aliphatic carbocycles. The first-order valence-corrected chi connectivity index (χ1v) is 10.4. The van der Waals surface area contributed by atoms with Gasteiger partial charge in [-0.1, -0.05) is 55.7 Å². The lowest BCUT2D eigenvalue weighted by Crippen LogP contribution is -2.38. The zero-order chi connectivity index (χ0) is 20.8. The highest BCUT2D eigenvalue weighted by Crippen LogP contribution is 2.28. The third kappa shape index (κ3) is 4.82. The predicted octanol–water partition coefficient (Wildman–Crippen LogP) is 4.62. The molecule has 1 fully saturated rings. The van der Waals surface area contributed by atoms with Gasteiger partial charge in [0.1, 0.15) is 17.9 Å². The molecule has 2 aromatic carbocycles. The van der Waals surface area contributed by atoms with Gasteiger partial charge in [-0.3, -0.25) is 4.79 Å². The quantitative estimate of drug-likeness (QED) is 0.579. The lowest BCUT2D eigenvalue weighted by molar-refractivity contribution is -0.125. The van der Waals surface area contributed by atoms with Crippen molar-refractivity contribution in [2.24, 2.45) is 0 Å². The number of nitrogens with one attached hydrogen (secondary N) is 1. The molecular formula is C24H25NO5. The fourth-order valence-corrected chi connectivity index (χ4v) is 3.79. The molecule has 0 bridgehead atoms. The molecule has 0 radical (unpaired) electrons. The number of esters is 1. The van der Waals surface area contributed by atoms with Gasteiger partial charge in [0, 0.05) is 11.4 Å². The lowest BCUT2D eigenvalue weighted by atomic mass is 9.95. The number of amides is 1. The molecule has 0 spiro atoms. The van der Waals surface area contributed by atoms with E-state index in [0.717, 1.165) is 31.1 Å². The summed E-state index contributed by atoms with van der Waals surface area (Å²) in [5, 5.41) is 3.73. The molecule has 0 aliphatic heterocycles. The van der Waals surface area contributed by atoms with Crippen molar-refractivity contribution in [2.45, 2.75) is 44.8 Å². The summed E-state index contributed by atoms with van der Waals surface area (Å²) in [7, 11) is 0. The zero-order valence-corrected chi connectivity index (χ0v) is 16.8. The molecule has 1 amide bonds. The molecule has 1 heterocycles. The molecule has 156 valence electrons. The summed E-state index contributed by atoms with van der Waals surface area (Å²) < 4.78 is 16.8. The van der Waals surface area contributed by atoms with Gasteiger partial charge in [-0.2, -0.15) is 0 Å². The number of benzene rings is 2. The number of fused-ring (bicyclic) bond motifs is 1. The van der Waals surface area contributed by atoms with Gasteiger partial charge in [0.15, 0.2) is 6.61 Å². The van der Waals surface area contributed by atoms with Crippen LogP contribution in [0.25, 0.3) is 11.0 Å². The summed E-state index contributed by atoms with van der Waals surface area (Å²) in [4.78, 5) is 24.9. The maximum atomic E-state index is 12.7. The van der Waals surface area contributed by atoms with Gasteiger partial charge in [-0.25, -0.2) is 4.79 Å². The third-order valence-corrected chi connectivity index (χ3v) is 5.31. The van der Waals surface area contributed by atoms with Crippen molar-refractivity contribution >= 4 is 22.8 Å². The minimum Gasteiger partial charge on any atom is -0.489 e. The van der Waals surface area contributed by atoms with E-state index in [1.54, 1.807) is 6.07 Å². The van der Waals surface area contributed by atoms with Gasteiger partial charge in [0.2, 0.25) is 5.76 Å². The van der Waals surface area contributed by atoms with Crippen molar-refractivity contribution in [1.82, 2.24) is 5.32 Å². The first-order chi connectivity index (χ1) is 14.7. The van der Waals surface area contributed by atoms with E-state index in [-0.39, 0.29) is 30.9 Å². The van der Waals surface area contributed by atoms with Crippen molar-refractivity contribution in [2.75, 3.05) is 6.61 Å². The van der Waals surface area contributed by atoms with Crippen LogP contribution in [0.15, 0.2) is 59.0 Å². The Kier molecular flexibility index (Phi) is 6.32. The van der Waals surface area contributed by atoms with E-state index < -0.39 is 5.97 Å². The van der Waals surface area contributed by atoms with E-state index in [4.69, 9.17) is 13.9 Å². The number of ether oxygens (including phenoxy) is 2. The highest BCUT2D eigenvalue weighted by Gasteiger charge is 2.24. The van der Waals surface area contributed by atoms with Gasteiger partial charge in [-0.05, 0) is 31.0 Å². The van der Waals surface area contributed by atoms with Gasteiger partial charge in [0.05, 0.1) is 5.56 Å². The van der Waals surface area contributed by atoms with Crippen LogP contribution < -0.4 is 10.1 Å². The minimum atomic E-state index is -0.670. The lowest BCUT2D eigenvalue weighted by Gasteiger charge is -2.22. The monoisotopic (exact) mass is 407 g/mol. The topological polar surface area (TPSA) is 77.8 Å². The van der Waals surface area contributed by atoms with Crippen LogP contribution in [0.4, 0.5) is 0 Å². The molecule has 1 aromatic heterocycles. The summed E-state index contributed by atoms with van der Waals surface area (Å²) in [6, 6.07) is 16.9. The van der Waals surface area contributed by atoms with Crippen LogP contribution in [0.5, 0.6) is 5.75 Å². The summed E-state index contributed by atoms with van der Waals surface area (Å²) >= 11 is 0. The van der Waals surface area contributed by atoms with E-state index in [2.05, 4.69) is 5.32 Å². The van der Waals surface area contributed by atoms with E-state index in [1.807, 2.05) is 48.5 Å². The van der Waals surface area contributed by atoms with Crippen LogP contribution in [0.1, 0.15) is 48.2 Å². The first kappa shape index (κ1) is 20.0. The number of hydrogen-bond donors (Lipinski definition) is 1. The van der Waals surface area contributed by atoms with E-state index in [0.29, 0.717) is 16.9 Å². The molecule has 1 aliphatic rings. The Bertz CT molecular complexity index is 1000. The Morgan fingerprint density at radius 2 is 1.70 bits per heavy atom. The summed E-state index contributed by atoms with van der Waals surface area (Å²) in [6.45, 7) is -0.176. The highest BCUT2D eigenvalue weighted by molar-refractivity contribution is 5.96.